The zero-order valence-electron chi connectivity index (χ0n) is 12.6. The summed E-state index contributed by atoms with van der Waals surface area (Å²) in [5.41, 5.74) is 0.805. The fourth-order valence-electron chi connectivity index (χ4n) is 1.81. The zero-order chi connectivity index (χ0) is 15.6. The van der Waals surface area contributed by atoms with Crippen molar-refractivity contribution >= 4 is 58.4 Å². The molecule has 2 aromatic rings. The van der Waals surface area contributed by atoms with E-state index in [1.165, 1.54) is 11.8 Å². The summed E-state index contributed by atoms with van der Waals surface area (Å²) in [5, 5.41) is 1.97. The highest BCUT2D eigenvalue weighted by atomic mass is 79.9. The van der Waals surface area contributed by atoms with Crippen LogP contribution in [0.1, 0.15) is 0 Å². The lowest BCUT2D eigenvalue weighted by Gasteiger charge is -2.15. The van der Waals surface area contributed by atoms with Crippen LogP contribution in [0.25, 0.3) is 11.0 Å². The van der Waals surface area contributed by atoms with Crippen molar-refractivity contribution in [3.63, 3.8) is 0 Å². The lowest BCUT2D eigenvalue weighted by Crippen LogP contribution is -2.22. The molecule has 0 unspecified atom stereocenters. The molecule has 4 nitrogen and oxygen atoms in total. The van der Waals surface area contributed by atoms with E-state index in [9.17, 15) is 0 Å². The van der Waals surface area contributed by atoms with Crippen molar-refractivity contribution in [3.8, 4) is 0 Å². The van der Waals surface area contributed by atoms with E-state index in [0.29, 0.717) is 17.0 Å². The van der Waals surface area contributed by atoms with E-state index in [-0.39, 0.29) is 0 Å². The first-order chi connectivity index (χ1) is 9.81. The van der Waals surface area contributed by atoms with Gasteiger partial charge in [-0.1, -0.05) is 43.0 Å². The number of hydrogen-bond donors (Lipinski definition) is 0. The average molecular weight is 409 g/mol. The molecular formula is C13H19BrClN3OSSi. The zero-order valence-corrected chi connectivity index (χ0v) is 16.8. The van der Waals surface area contributed by atoms with E-state index < -0.39 is 8.07 Å². The number of aromatic nitrogens is 3. The summed E-state index contributed by atoms with van der Waals surface area (Å²) in [5.74, 6) is 0. The summed E-state index contributed by atoms with van der Waals surface area (Å²) < 4.78 is 8.66. The van der Waals surface area contributed by atoms with Crippen molar-refractivity contribution in [3.05, 3.63) is 15.8 Å². The Balaban J connectivity index is 2.18. The number of nitrogens with zero attached hydrogens (tertiary/aromatic N) is 3. The first kappa shape index (κ1) is 17.3. The van der Waals surface area contributed by atoms with Crippen LogP contribution in [0.15, 0.2) is 15.8 Å². The quantitative estimate of drug-likeness (QED) is 0.224. The van der Waals surface area contributed by atoms with Gasteiger partial charge in [-0.05, 0) is 28.2 Å². The summed E-state index contributed by atoms with van der Waals surface area (Å²) in [6, 6.07) is 1.15. The molecule has 0 N–H and O–H groups in total. The van der Waals surface area contributed by atoms with E-state index >= 15 is 0 Å². The van der Waals surface area contributed by atoms with Crippen LogP contribution in [-0.4, -0.2) is 35.5 Å². The van der Waals surface area contributed by atoms with E-state index in [4.69, 9.17) is 16.3 Å². The molecule has 0 fully saturated rings. The number of thioether (sulfide) groups is 1. The van der Waals surface area contributed by atoms with Crippen molar-refractivity contribution < 1.29 is 4.74 Å². The largest absolute Gasteiger partial charge is 0.361 e. The number of halogens is 2. The van der Waals surface area contributed by atoms with Gasteiger partial charge in [-0.25, -0.2) is 9.97 Å². The molecular weight excluding hydrogens is 390 g/mol. The Labute approximate surface area is 143 Å². The molecule has 0 aliphatic rings. The van der Waals surface area contributed by atoms with Gasteiger partial charge in [0.15, 0.2) is 5.16 Å². The smallest absolute Gasteiger partial charge is 0.190 e. The summed E-state index contributed by atoms with van der Waals surface area (Å²) in [4.78, 5) is 8.79. The summed E-state index contributed by atoms with van der Waals surface area (Å²) >= 11 is 11.2. The molecule has 2 aromatic heterocycles. The monoisotopic (exact) mass is 407 g/mol. The molecule has 0 aliphatic heterocycles. The number of rotatable bonds is 6. The Bertz CT molecular complexity index is 644. The fraction of sp³-hybridized carbons (Fsp3) is 0.538. The van der Waals surface area contributed by atoms with Crippen molar-refractivity contribution in [2.45, 2.75) is 37.6 Å². The van der Waals surface area contributed by atoms with Crippen molar-refractivity contribution in [2.24, 2.45) is 0 Å². The molecule has 0 aliphatic carbocycles. The molecule has 21 heavy (non-hydrogen) atoms. The third-order valence-electron chi connectivity index (χ3n) is 3.01. The molecule has 0 aromatic carbocycles. The highest BCUT2D eigenvalue weighted by Crippen LogP contribution is 2.31. The van der Waals surface area contributed by atoms with Gasteiger partial charge in [0, 0.05) is 25.4 Å². The molecule has 0 spiro atoms. The van der Waals surface area contributed by atoms with Gasteiger partial charge < -0.3 is 9.30 Å². The molecule has 0 amide bonds. The summed E-state index contributed by atoms with van der Waals surface area (Å²) in [6.07, 6.45) is 3.88. The van der Waals surface area contributed by atoms with Gasteiger partial charge in [-0.15, -0.1) is 0 Å². The van der Waals surface area contributed by atoms with Gasteiger partial charge >= 0.3 is 0 Å². The fourth-order valence-corrected chi connectivity index (χ4v) is 3.97. The topological polar surface area (TPSA) is 39.9 Å². The average Bonchev–Trinajstić information content (AvgIpc) is 2.70. The molecule has 0 atom stereocenters. The number of fused-ring (bicyclic) bond motifs is 1. The Morgan fingerprint density at radius 3 is 2.71 bits per heavy atom. The van der Waals surface area contributed by atoms with Crippen LogP contribution >= 0.6 is 39.3 Å². The first-order valence-electron chi connectivity index (χ1n) is 6.65. The van der Waals surface area contributed by atoms with Gasteiger partial charge in [-0.3, -0.25) is 0 Å². The van der Waals surface area contributed by atoms with Crippen LogP contribution in [0.3, 0.4) is 0 Å². The maximum absolute atomic E-state index is 6.24. The van der Waals surface area contributed by atoms with Crippen molar-refractivity contribution in [1.29, 1.82) is 0 Å². The van der Waals surface area contributed by atoms with Crippen LogP contribution < -0.4 is 0 Å². The van der Waals surface area contributed by atoms with Crippen LogP contribution in [-0.2, 0) is 11.5 Å². The highest BCUT2D eigenvalue weighted by molar-refractivity contribution is 9.10. The SMILES string of the molecule is CSc1nc(Cl)c2c(Br)cn(COCC[Si](C)(C)C)c2n1. The van der Waals surface area contributed by atoms with Crippen LogP contribution in [0.2, 0.25) is 30.8 Å². The molecule has 116 valence electrons. The van der Waals surface area contributed by atoms with E-state index in [1.54, 1.807) is 0 Å². The standard InChI is InChI=1S/C13H19BrClN3OSSi/c1-20-13-16-11(15)10-9(14)7-18(12(10)17-13)8-19-5-6-21(2,3)4/h7H,5-6,8H2,1-4H3. The van der Waals surface area contributed by atoms with Gasteiger partial charge in [0.05, 0.1) is 5.39 Å². The van der Waals surface area contributed by atoms with Crippen LogP contribution in [0.5, 0.6) is 0 Å². The molecule has 0 radical (unpaired) electrons. The minimum absolute atomic E-state index is 0.470. The Morgan fingerprint density at radius 1 is 1.38 bits per heavy atom. The lowest BCUT2D eigenvalue weighted by atomic mass is 10.4. The number of ether oxygens (including phenoxy) is 1. The van der Waals surface area contributed by atoms with E-state index in [0.717, 1.165) is 28.2 Å². The lowest BCUT2D eigenvalue weighted by molar-refractivity contribution is 0.0897. The Kier molecular flexibility index (Phi) is 5.75. The third-order valence-corrected chi connectivity index (χ3v) is 6.14. The maximum Gasteiger partial charge on any atom is 0.190 e. The molecule has 0 saturated carbocycles. The highest BCUT2D eigenvalue weighted by Gasteiger charge is 2.15. The van der Waals surface area contributed by atoms with E-state index in [2.05, 4.69) is 45.5 Å². The second kappa shape index (κ2) is 7.00. The molecule has 0 bridgehead atoms. The third kappa shape index (κ3) is 4.45. The number of hydrogen-bond acceptors (Lipinski definition) is 4. The Morgan fingerprint density at radius 2 is 2.10 bits per heavy atom. The molecule has 2 heterocycles. The van der Waals surface area contributed by atoms with E-state index in [1.807, 2.05) is 17.0 Å². The second-order valence-corrected chi connectivity index (χ2v) is 13.6. The minimum atomic E-state index is -1.06. The molecule has 0 saturated heterocycles. The Hall–Kier alpha value is -0.0831. The normalized spacial score (nSPS) is 12.3. The first-order valence-corrected chi connectivity index (χ1v) is 12.8. The van der Waals surface area contributed by atoms with Crippen molar-refractivity contribution in [2.75, 3.05) is 12.9 Å². The predicted octanol–water partition coefficient (Wildman–Crippen LogP) is 4.88. The van der Waals surface area contributed by atoms with Crippen LogP contribution in [0, 0.1) is 0 Å². The van der Waals surface area contributed by atoms with Gasteiger partial charge in [0.25, 0.3) is 0 Å². The van der Waals surface area contributed by atoms with Gasteiger partial charge in [0.2, 0.25) is 0 Å². The summed E-state index contributed by atoms with van der Waals surface area (Å²) in [6.45, 7) is 8.29. The van der Waals surface area contributed by atoms with Gasteiger partial charge in [-0.2, -0.15) is 0 Å². The molecule has 2 rings (SSSR count). The predicted molar refractivity (Wildman–Crippen MR) is 96.1 cm³/mol. The second-order valence-electron chi connectivity index (χ2n) is 5.99. The van der Waals surface area contributed by atoms with Crippen LogP contribution in [0.4, 0.5) is 0 Å². The van der Waals surface area contributed by atoms with Gasteiger partial charge in [0.1, 0.15) is 17.5 Å². The summed E-state index contributed by atoms with van der Waals surface area (Å²) in [7, 11) is -1.06. The molecule has 8 heteroatoms. The maximum atomic E-state index is 6.24. The minimum Gasteiger partial charge on any atom is -0.361 e. The van der Waals surface area contributed by atoms with Crippen molar-refractivity contribution in [1.82, 2.24) is 14.5 Å².